The quantitative estimate of drug-likeness (QED) is 0.678. The molecular weight excluding hydrogens is 190 g/mol. The zero-order valence-electron chi connectivity index (χ0n) is 8.08. The molecule has 0 amide bonds. The molecule has 13 heavy (non-hydrogen) atoms. The minimum Gasteiger partial charge on any atom is -0.394 e. The number of nitrogens with one attached hydrogen (secondary N) is 1. The van der Waals surface area contributed by atoms with Crippen LogP contribution in [0.25, 0.3) is 0 Å². The van der Waals surface area contributed by atoms with Crippen LogP contribution in [-0.4, -0.2) is 30.9 Å². The van der Waals surface area contributed by atoms with Gasteiger partial charge in [0, 0.05) is 0 Å². The lowest BCUT2D eigenvalue weighted by Gasteiger charge is -2.26. The highest BCUT2D eigenvalue weighted by molar-refractivity contribution is 7.90. The van der Waals surface area contributed by atoms with Crippen molar-refractivity contribution in [3.8, 4) is 0 Å². The standard InChI is InChI=1S/C8H17NO3S/c1-3-8(2,6-10)9-13(11,12)7-4-5-7/h7,9-10H,3-6H2,1-2H3. The molecule has 4 nitrogen and oxygen atoms in total. The maximum atomic E-state index is 11.5. The molecule has 78 valence electrons. The highest BCUT2D eigenvalue weighted by atomic mass is 32.2. The van der Waals surface area contributed by atoms with Crippen LogP contribution < -0.4 is 4.72 Å². The Bertz CT molecular complexity index is 265. The topological polar surface area (TPSA) is 66.4 Å². The second kappa shape index (κ2) is 3.55. The summed E-state index contributed by atoms with van der Waals surface area (Å²) < 4.78 is 25.6. The Morgan fingerprint density at radius 1 is 1.54 bits per heavy atom. The van der Waals surface area contributed by atoms with Gasteiger partial charge in [-0.05, 0) is 26.2 Å². The Morgan fingerprint density at radius 2 is 2.08 bits per heavy atom. The van der Waals surface area contributed by atoms with E-state index < -0.39 is 15.6 Å². The number of rotatable bonds is 5. The van der Waals surface area contributed by atoms with Crippen molar-refractivity contribution < 1.29 is 13.5 Å². The van der Waals surface area contributed by atoms with Gasteiger partial charge in [0.2, 0.25) is 10.0 Å². The third-order valence-corrected chi connectivity index (χ3v) is 4.61. The van der Waals surface area contributed by atoms with Gasteiger partial charge in [-0.2, -0.15) is 0 Å². The molecule has 0 bridgehead atoms. The number of aliphatic hydroxyl groups excluding tert-OH is 1. The minimum absolute atomic E-state index is 0.157. The van der Waals surface area contributed by atoms with Gasteiger partial charge in [0.25, 0.3) is 0 Å². The maximum Gasteiger partial charge on any atom is 0.215 e. The fourth-order valence-electron chi connectivity index (χ4n) is 1.02. The molecule has 0 radical (unpaired) electrons. The Labute approximate surface area is 79.4 Å². The highest BCUT2D eigenvalue weighted by Crippen LogP contribution is 2.28. The SMILES string of the molecule is CCC(C)(CO)NS(=O)(=O)C1CC1. The lowest BCUT2D eigenvalue weighted by molar-refractivity contribution is 0.191. The molecular formula is C8H17NO3S. The Morgan fingerprint density at radius 3 is 2.38 bits per heavy atom. The second-order valence-electron chi connectivity index (χ2n) is 3.92. The van der Waals surface area contributed by atoms with Gasteiger partial charge in [-0.25, -0.2) is 13.1 Å². The average Bonchev–Trinajstić information content (AvgIpc) is 2.85. The van der Waals surface area contributed by atoms with Gasteiger partial charge in [0.1, 0.15) is 0 Å². The molecule has 0 aromatic rings. The summed E-state index contributed by atoms with van der Waals surface area (Å²) in [6.45, 7) is 3.41. The van der Waals surface area contributed by atoms with Crippen LogP contribution in [0.2, 0.25) is 0 Å². The number of sulfonamides is 1. The Hall–Kier alpha value is -0.130. The van der Waals surface area contributed by atoms with E-state index >= 15 is 0 Å². The first-order valence-electron chi connectivity index (χ1n) is 4.57. The molecule has 1 unspecified atom stereocenters. The van der Waals surface area contributed by atoms with Gasteiger partial charge in [0.15, 0.2) is 0 Å². The van der Waals surface area contributed by atoms with Crippen LogP contribution in [-0.2, 0) is 10.0 Å². The first kappa shape index (κ1) is 10.9. The van der Waals surface area contributed by atoms with Crippen molar-refractivity contribution in [3.05, 3.63) is 0 Å². The summed E-state index contributed by atoms with van der Waals surface area (Å²) in [6.07, 6.45) is 2.09. The lowest BCUT2D eigenvalue weighted by atomic mass is 10.0. The van der Waals surface area contributed by atoms with Gasteiger partial charge in [-0.15, -0.1) is 0 Å². The summed E-state index contributed by atoms with van der Waals surface area (Å²) in [7, 11) is -3.18. The van der Waals surface area contributed by atoms with Crippen LogP contribution in [0.1, 0.15) is 33.1 Å². The summed E-state index contributed by atoms with van der Waals surface area (Å²) in [5, 5.41) is 8.81. The number of hydrogen-bond acceptors (Lipinski definition) is 3. The van der Waals surface area contributed by atoms with E-state index in [-0.39, 0.29) is 11.9 Å². The van der Waals surface area contributed by atoms with Gasteiger partial charge in [-0.1, -0.05) is 6.92 Å². The van der Waals surface area contributed by atoms with E-state index in [0.29, 0.717) is 6.42 Å². The van der Waals surface area contributed by atoms with E-state index in [1.807, 2.05) is 6.92 Å². The molecule has 0 aromatic carbocycles. The van der Waals surface area contributed by atoms with Crippen LogP contribution in [0.3, 0.4) is 0 Å². The zero-order chi connectivity index (χ0) is 10.1. The van der Waals surface area contributed by atoms with Crippen molar-refractivity contribution in [2.75, 3.05) is 6.61 Å². The maximum absolute atomic E-state index is 11.5. The molecule has 1 atom stereocenters. The molecule has 0 aromatic heterocycles. The minimum atomic E-state index is -3.18. The van der Waals surface area contributed by atoms with Crippen LogP contribution in [0, 0.1) is 0 Å². The molecule has 0 saturated heterocycles. The van der Waals surface area contributed by atoms with Crippen LogP contribution in [0.15, 0.2) is 0 Å². The van der Waals surface area contributed by atoms with Crippen LogP contribution in [0.5, 0.6) is 0 Å². The summed E-state index contributed by atoms with van der Waals surface area (Å²) in [4.78, 5) is 0. The molecule has 2 N–H and O–H groups in total. The first-order valence-corrected chi connectivity index (χ1v) is 6.12. The average molecular weight is 207 g/mol. The van der Waals surface area contributed by atoms with Gasteiger partial charge in [0.05, 0.1) is 17.4 Å². The van der Waals surface area contributed by atoms with E-state index in [0.717, 1.165) is 12.8 Å². The van der Waals surface area contributed by atoms with Crippen LogP contribution in [0.4, 0.5) is 0 Å². The van der Waals surface area contributed by atoms with E-state index in [1.165, 1.54) is 0 Å². The molecule has 1 saturated carbocycles. The van der Waals surface area contributed by atoms with Crippen molar-refractivity contribution in [1.82, 2.24) is 4.72 Å². The van der Waals surface area contributed by atoms with Crippen molar-refractivity contribution in [1.29, 1.82) is 0 Å². The monoisotopic (exact) mass is 207 g/mol. The smallest absolute Gasteiger partial charge is 0.215 e. The highest BCUT2D eigenvalue weighted by Gasteiger charge is 2.39. The summed E-state index contributed by atoms with van der Waals surface area (Å²) in [6, 6.07) is 0. The van der Waals surface area contributed by atoms with Gasteiger partial charge < -0.3 is 5.11 Å². The second-order valence-corrected chi connectivity index (χ2v) is 5.88. The summed E-state index contributed by atoms with van der Waals surface area (Å²) >= 11 is 0. The van der Waals surface area contributed by atoms with Gasteiger partial charge >= 0.3 is 0 Å². The van der Waals surface area contributed by atoms with E-state index in [9.17, 15) is 8.42 Å². The first-order chi connectivity index (χ1) is 5.93. The lowest BCUT2D eigenvalue weighted by Crippen LogP contribution is -2.49. The Kier molecular flexibility index (Phi) is 2.99. The summed E-state index contributed by atoms with van der Waals surface area (Å²) in [5.41, 5.74) is -0.693. The fourth-order valence-corrected chi connectivity index (χ4v) is 2.84. The van der Waals surface area contributed by atoms with E-state index in [4.69, 9.17) is 5.11 Å². The molecule has 1 aliphatic carbocycles. The van der Waals surface area contributed by atoms with Crippen molar-refractivity contribution in [2.24, 2.45) is 0 Å². The largest absolute Gasteiger partial charge is 0.394 e. The predicted molar refractivity (Wildman–Crippen MR) is 50.9 cm³/mol. The van der Waals surface area contributed by atoms with Crippen molar-refractivity contribution >= 4 is 10.0 Å². The zero-order valence-corrected chi connectivity index (χ0v) is 8.89. The third kappa shape index (κ3) is 2.65. The van der Waals surface area contributed by atoms with Crippen LogP contribution >= 0.6 is 0 Å². The van der Waals surface area contributed by atoms with Gasteiger partial charge in [-0.3, -0.25) is 0 Å². The fraction of sp³-hybridized carbons (Fsp3) is 1.00. The molecule has 0 spiro atoms. The number of aliphatic hydroxyl groups is 1. The molecule has 1 aliphatic rings. The molecule has 5 heteroatoms. The third-order valence-electron chi connectivity index (χ3n) is 2.48. The molecule has 1 fully saturated rings. The van der Waals surface area contributed by atoms with E-state index in [1.54, 1.807) is 6.92 Å². The molecule has 0 aliphatic heterocycles. The molecule has 1 rings (SSSR count). The van der Waals surface area contributed by atoms with Crippen molar-refractivity contribution in [3.63, 3.8) is 0 Å². The van der Waals surface area contributed by atoms with E-state index in [2.05, 4.69) is 4.72 Å². The molecule has 0 heterocycles. The normalized spacial score (nSPS) is 22.7. The Balaban J connectivity index is 2.65. The predicted octanol–water partition coefficient (Wildman–Crippen LogP) is 0.229. The summed E-state index contributed by atoms with van der Waals surface area (Å²) in [5.74, 6) is 0. The van der Waals surface area contributed by atoms with Crippen molar-refractivity contribution in [2.45, 2.75) is 43.9 Å². The number of hydrogen-bond donors (Lipinski definition) is 2.